The van der Waals surface area contributed by atoms with Crippen LogP contribution in [-0.2, 0) is 16.6 Å². The van der Waals surface area contributed by atoms with Gasteiger partial charge in [-0.1, -0.05) is 17.3 Å². The number of benzene rings is 2. The zero-order chi connectivity index (χ0) is 24.5. The van der Waals surface area contributed by atoms with Crippen molar-refractivity contribution < 1.29 is 30.8 Å². The van der Waals surface area contributed by atoms with Crippen LogP contribution in [0.5, 0.6) is 5.75 Å². The van der Waals surface area contributed by atoms with Gasteiger partial charge < -0.3 is 9.26 Å². The van der Waals surface area contributed by atoms with E-state index in [1.54, 1.807) is 6.07 Å². The van der Waals surface area contributed by atoms with Gasteiger partial charge >= 0.3 is 6.36 Å². The van der Waals surface area contributed by atoms with Crippen LogP contribution < -0.4 is 15.4 Å². The molecule has 4 aromatic rings. The molecule has 0 spiro atoms. The van der Waals surface area contributed by atoms with E-state index in [1.807, 2.05) is 0 Å². The van der Waals surface area contributed by atoms with Gasteiger partial charge in [0.05, 0.1) is 11.4 Å². The van der Waals surface area contributed by atoms with Crippen molar-refractivity contribution in [2.45, 2.75) is 17.8 Å². The van der Waals surface area contributed by atoms with E-state index in [1.165, 1.54) is 42.5 Å². The van der Waals surface area contributed by atoms with Gasteiger partial charge in [0.25, 0.3) is 11.4 Å². The molecule has 0 bridgehead atoms. The van der Waals surface area contributed by atoms with Crippen molar-refractivity contribution in [2.75, 3.05) is 0 Å². The molecule has 2 N–H and O–H groups in total. The predicted molar refractivity (Wildman–Crippen MR) is 111 cm³/mol. The average molecular weight is 493 g/mol. The number of hydrogen-bond donors (Lipinski definition) is 1. The molecular formula is C20H14F3N5O5S. The lowest BCUT2D eigenvalue weighted by molar-refractivity contribution is -0.274. The van der Waals surface area contributed by atoms with E-state index in [-0.39, 0.29) is 28.8 Å². The molecule has 0 atom stereocenters. The van der Waals surface area contributed by atoms with E-state index in [0.717, 1.165) is 16.8 Å². The topological polar surface area (TPSA) is 143 Å². The Balaban J connectivity index is 1.58. The van der Waals surface area contributed by atoms with E-state index in [9.17, 15) is 26.4 Å². The largest absolute Gasteiger partial charge is 0.573 e. The molecule has 0 saturated heterocycles. The van der Waals surface area contributed by atoms with Crippen molar-refractivity contribution in [3.05, 3.63) is 76.6 Å². The monoisotopic (exact) mass is 493 g/mol. The van der Waals surface area contributed by atoms with Crippen LogP contribution in [0.4, 0.5) is 13.2 Å². The smallest absolute Gasteiger partial charge is 0.406 e. The Morgan fingerprint density at radius 2 is 1.79 bits per heavy atom. The highest BCUT2D eigenvalue weighted by Crippen LogP contribution is 2.26. The molecule has 4 rings (SSSR count). The Morgan fingerprint density at radius 3 is 2.47 bits per heavy atom. The van der Waals surface area contributed by atoms with Crippen LogP contribution in [0.25, 0.3) is 23.0 Å². The fourth-order valence-electron chi connectivity index (χ4n) is 2.92. The number of nitrogens with zero attached hydrogens (tertiary/aromatic N) is 4. The van der Waals surface area contributed by atoms with Crippen molar-refractivity contribution in [2.24, 2.45) is 5.14 Å². The third kappa shape index (κ3) is 5.47. The number of alkyl halides is 3. The summed E-state index contributed by atoms with van der Waals surface area (Å²) in [4.78, 5) is 16.3. The van der Waals surface area contributed by atoms with Gasteiger partial charge in [-0.25, -0.2) is 18.2 Å². The van der Waals surface area contributed by atoms with Gasteiger partial charge in [0, 0.05) is 11.6 Å². The molecule has 0 fully saturated rings. The first kappa shape index (κ1) is 23.1. The number of rotatable bonds is 6. The molecule has 0 aliphatic rings. The molecule has 10 nitrogen and oxygen atoms in total. The third-order valence-corrected chi connectivity index (χ3v) is 5.33. The van der Waals surface area contributed by atoms with Crippen LogP contribution in [0.1, 0.15) is 5.56 Å². The van der Waals surface area contributed by atoms with Gasteiger partial charge in [0.15, 0.2) is 0 Å². The van der Waals surface area contributed by atoms with Crippen molar-refractivity contribution in [1.29, 1.82) is 0 Å². The zero-order valence-electron chi connectivity index (χ0n) is 16.9. The summed E-state index contributed by atoms with van der Waals surface area (Å²) in [6, 6.07) is 13.2. The molecule has 0 amide bonds. The van der Waals surface area contributed by atoms with E-state index in [4.69, 9.17) is 9.66 Å². The van der Waals surface area contributed by atoms with Crippen LogP contribution in [0, 0.1) is 0 Å². The first-order chi connectivity index (χ1) is 16.0. The normalized spacial score (nSPS) is 12.0. The lowest BCUT2D eigenvalue weighted by Crippen LogP contribution is -2.23. The quantitative estimate of drug-likeness (QED) is 0.432. The summed E-state index contributed by atoms with van der Waals surface area (Å²) in [5.74, 6) is -0.369. The van der Waals surface area contributed by atoms with Crippen LogP contribution >= 0.6 is 0 Å². The maximum absolute atomic E-state index is 12.3. The molecule has 2 aromatic heterocycles. The van der Waals surface area contributed by atoms with Gasteiger partial charge in [0.2, 0.25) is 15.8 Å². The van der Waals surface area contributed by atoms with Crippen LogP contribution in [0.3, 0.4) is 0 Å². The molecule has 0 radical (unpaired) electrons. The highest BCUT2D eigenvalue weighted by Gasteiger charge is 2.31. The SMILES string of the molecule is NS(=O)(=O)c1cccc(Cn2nc(-c3nc(-c4ccc(OC(F)(F)F)cc4)no3)ccc2=O)c1. The Bertz CT molecular complexity index is 1500. The Kier molecular flexibility index (Phi) is 5.93. The van der Waals surface area contributed by atoms with Gasteiger partial charge in [-0.2, -0.15) is 10.1 Å². The summed E-state index contributed by atoms with van der Waals surface area (Å²) in [5.41, 5.74) is 0.506. The van der Waals surface area contributed by atoms with Crippen molar-refractivity contribution in [3.63, 3.8) is 0 Å². The third-order valence-electron chi connectivity index (χ3n) is 4.42. The lowest BCUT2D eigenvalue weighted by Gasteiger charge is -2.08. The van der Waals surface area contributed by atoms with Gasteiger partial charge in [0.1, 0.15) is 11.4 Å². The van der Waals surface area contributed by atoms with E-state index in [0.29, 0.717) is 11.1 Å². The average Bonchev–Trinajstić information content (AvgIpc) is 3.25. The minimum Gasteiger partial charge on any atom is -0.406 e. The number of sulfonamides is 1. The summed E-state index contributed by atoms with van der Waals surface area (Å²) in [6.07, 6.45) is -4.81. The van der Waals surface area contributed by atoms with Crippen LogP contribution in [0.2, 0.25) is 0 Å². The molecule has 2 heterocycles. The number of hydrogen-bond acceptors (Lipinski definition) is 8. The highest BCUT2D eigenvalue weighted by atomic mass is 32.2. The number of primary sulfonamides is 1. The Hall–Kier alpha value is -4.04. The Labute approximate surface area is 189 Å². The molecule has 0 saturated carbocycles. The van der Waals surface area contributed by atoms with E-state index in [2.05, 4.69) is 20.0 Å². The fraction of sp³-hybridized carbons (Fsp3) is 0.100. The summed E-state index contributed by atoms with van der Waals surface area (Å²) in [7, 11) is -3.92. The summed E-state index contributed by atoms with van der Waals surface area (Å²) in [6.45, 7) is -0.0578. The number of halogens is 3. The molecule has 0 unspecified atom stereocenters. The molecule has 176 valence electrons. The maximum Gasteiger partial charge on any atom is 0.573 e. The van der Waals surface area contributed by atoms with Crippen LogP contribution in [0.15, 0.2) is 74.9 Å². The molecule has 14 heteroatoms. The number of aromatic nitrogens is 4. The van der Waals surface area contributed by atoms with Crippen molar-refractivity contribution >= 4 is 10.0 Å². The number of ether oxygens (including phenoxy) is 1. The van der Waals surface area contributed by atoms with Crippen LogP contribution in [-0.4, -0.2) is 34.7 Å². The molecule has 0 aliphatic heterocycles. The van der Waals surface area contributed by atoms with Gasteiger partial charge in [-0.3, -0.25) is 4.79 Å². The minimum absolute atomic E-state index is 0.0438. The minimum atomic E-state index is -4.81. The first-order valence-electron chi connectivity index (χ1n) is 9.38. The molecule has 0 aliphatic carbocycles. The number of nitrogens with two attached hydrogens (primary N) is 1. The van der Waals surface area contributed by atoms with E-state index < -0.39 is 27.7 Å². The maximum atomic E-state index is 12.3. The Morgan fingerprint density at radius 1 is 1.06 bits per heavy atom. The summed E-state index contributed by atoms with van der Waals surface area (Å²) in [5, 5.41) is 13.1. The van der Waals surface area contributed by atoms with Crippen molar-refractivity contribution in [3.8, 4) is 28.7 Å². The van der Waals surface area contributed by atoms with Crippen molar-refractivity contribution in [1.82, 2.24) is 19.9 Å². The predicted octanol–water partition coefficient (Wildman–Crippen LogP) is 2.55. The highest BCUT2D eigenvalue weighted by molar-refractivity contribution is 7.89. The summed E-state index contributed by atoms with van der Waals surface area (Å²) >= 11 is 0. The second kappa shape index (κ2) is 8.72. The lowest BCUT2D eigenvalue weighted by atomic mass is 10.2. The second-order valence-electron chi connectivity index (χ2n) is 6.90. The molecule has 34 heavy (non-hydrogen) atoms. The van der Waals surface area contributed by atoms with E-state index >= 15 is 0 Å². The molecule has 2 aromatic carbocycles. The van der Waals surface area contributed by atoms with Gasteiger partial charge in [-0.15, -0.1) is 13.2 Å². The van der Waals surface area contributed by atoms with Gasteiger partial charge in [-0.05, 0) is 48.0 Å². The summed E-state index contributed by atoms with van der Waals surface area (Å²) < 4.78 is 70.1. The first-order valence-corrected chi connectivity index (χ1v) is 10.9. The second-order valence-corrected chi connectivity index (χ2v) is 8.46. The molecular weight excluding hydrogens is 479 g/mol. The fourth-order valence-corrected chi connectivity index (χ4v) is 3.50. The standard InChI is InChI=1S/C20H14F3N5O5S/c21-20(22,23)32-14-6-4-13(5-7-14)18-25-19(33-27-18)16-8-9-17(29)28(26-16)11-12-2-1-3-15(10-12)34(24,30)31/h1-10H,11H2,(H2,24,30,31). The zero-order valence-corrected chi connectivity index (χ0v) is 17.7.